The summed E-state index contributed by atoms with van der Waals surface area (Å²) in [6, 6.07) is 15.8. The number of carbonyl (C=O) groups is 1. The van der Waals surface area contributed by atoms with Crippen molar-refractivity contribution in [1.82, 2.24) is 0 Å². The number of methoxy groups -OCH3 is 1. The van der Waals surface area contributed by atoms with Crippen LogP contribution in [0.25, 0.3) is 0 Å². The Labute approximate surface area is 165 Å². The zero-order chi connectivity index (χ0) is 20.1. The maximum Gasteiger partial charge on any atom is 0.338 e. The Bertz CT molecular complexity index is 961. The lowest BCUT2D eigenvalue weighted by Crippen LogP contribution is -2.34. The summed E-state index contributed by atoms with van der Waals surface area (Å²) in [4.78, 5) is 14.3. The number of para-hydroxylation sites is 1. The number of hydrogen-bond acceptors (Lipinski definition) is 5. The predicted octanol–water partition coefficient (Wildman–Crippen LogP) is 3.98. The van der Waals surface area contributed by atoms with E-state index in [0.717, 1.165) is 49.2 Å². The van der Waals surface area contributed by atoms with Crippen molar-refractivity contribution in [3.63, 3.8) is 0 Å². The molecule has 0 radical (unpaired) electrons. The molecular formula is C23H23N3O2. The fraction of sp³-hybridized carbons (Fsp3) is 0.348. The van der Waals surface area contributed by atoms with Gasteiger partial charge in [-0.3, -0.25) is 0 Å². The van der Waals surface area contributed by atoms with Gasteiger partial charge in [0.1, 0.15) is 6.07 Å². The molecule has 0 aromatic heterocycles. The van der Waals surface area contributed by atoms with Gasteiger partial charge in [0, 0.05) is 13.1 Å². The van der Waals surface area contributed by atoms with Gasteiger partial charge in [-0.1, -0.05) is 12.1 Å². The van der Waals surface area contributed by atoms with Crippen LogP contribution in [-0.4, -0.2) is 26.2 Å². The second-order valence-electron chi connectivity index (χ2n) is 7.19. The van der Waals surface area contributed by atoms with E-state index < -0.39 is 0 Å². The average Bonchev–Trinajstić information content (AvgIpc) is 2.74. The maximum atomic E-state index is 12.0. The molecule has 0 bridgehead atoms. The Morgan fingerprint density at radius 3 is 2.46 bits per heavy atom. The summed E-state index contributed by atoms with van der Waals surface area (Å²) >= 11 is 0. The summed E-state index contributed by atoms with van der Waals surface area (Å²) in [5.74, 6) is 0.0666. The number of rotatable bonds is 4. The lowest BCUT2D eigenvalue weighted by molar-refractivity contribution is 0.0599. The second kappa shape index (κ2) is 8.59. The summed E-state index contributed by atoms with van der Waals surface area (Å²) in [5.41, 5.74) is 4.51. The second-order valence-corrected chi connectivity index (χ2v) is 7.19. The van der Waals surface area contributed by atoms with Crippen LogP contribution >= 0.6 is 0 Å². The highest BCUT2D eigenvalue weighted by molar-refractivity contribution is 5.91. The van der Waals surface area contributed by atoms with Crippen molar-refractivity contribution in [1.29, 1.82) is 10.5 Å². The number of piperidine rings is 1. The van der Waals surface area contributed by atoms with Crippen LogP contribution in [0.4, 0.5) is 5.69 Å². The van der Waals surface area contributed by atoms with E-state index in [4.69, 9.17) is 4.74 Å². The lowest BCUT2D eigenvalue weighted by atomic mass is 9.86. The van der Waals surface area contributed by atoms with Gasteiger partial charge < -0.3 is 9.64 Å². The van der Waals surface area contributed by atoms with Gasteiger partial charge in [0.05, 0.1) is 35.6 Å². The molecule has 1 saturated heterocycles. The quantitative estimate of drug-likeness (QED) is 0.758. The molecular weight excluding hydrogens is 350 g/mol. The molecule has 0 saturated carbocycles. The highest BCUT2D eigenvalue weighted by Crippen LogP contribution is 2.29. The first-order valence-electron chi connectivity index (χ1n) is 9.43. The molecule has 28 heavy (non-hydrogen) atoms. The molecule has 5 nitrogen and oxygen atoms in total. The van der Waals surface area contributed by atoms with Crippen molar-refractivity contribution in [3.05, 3.63) is 64.2 Å². The minimum Gasteiger partial charge on any atom is -0.465 e. The van der Waals surface area contributed by atoms with Crippen LogP contribution in [0.5, 0.6) is 0 Å². The van der Waals surface area contributed by atoms with Gasteiger partial charge in [0.25, 0.3) is 0 Å². The summed E-state index contributed by atoms with van der Waals surface area (Å²) < 4.78 is 4.87. The number of nitrogens with zero attached hydrogens (tertiary/aromatic N) is 3. The van der Waals surface area contributed by atoms with Crippen LogP contribution in [-0.2, 0) is 11.2 Å². The molecule has 2 aromatic carbocycles. The number of hydrogen-bond donors (Lipinski definition) is 0. The van der Waals surface area contributed by atoms with E-state index in [-0.39, 0.29) is 5.97 Å². The summed E-state index contributed by atoms with van der Waals surface area (Å²) in [5, 5.41) is 18.8. The van der Waals surface area contributed by atoms with Gasteiger partial charge in [-0.2, -0.15) is 10.5 Å². The average molecular weight is 373 g/mol. The van der Waals surface area contributed by atoms with E-state index in [1.54, 1.807) is 6.07 Å². The number of anilines is 1. The molecule has 0 atom stereocenters. The molecule has 1 aliphatic rings. The molecule has 3 rings (SSSR count). The minimum absolute atomic E-state index is 0.369. The van der Waals surface area contributed by atoms with Gasteiger partial charge in [0.15, 0.2) is 0 Å². The summed E-state index contributed by atoms with van der Waals surface area (Å²) in [7, 11) is 1.37. The molecule has 142 valence electrons. The maximum absolute atomic E-state index is 12.0. The van der Waals surface area contributed by atoms with Crippen LogP contribution in [0.15, 0.2) is 36.4 Å². The third-order valence-corrected chi connectivity index (χ3v) is 5.46. The fourth-order valence-corrected chi connectivity index (χ4v) is 3.89. The molecule has 0 aliphatic carbocycles. The standard InChI is InChI=1S/C23H23N3O2/c1-16-11-20(15-25)19(13-21(16)23(27)28-2)12-17-7-9-26(10-8-17)22-6-4-3-5-18(22)14-24/h3-6,11,13,17H,7-10,12H2,1-2H3. The van der Waals surface area contributed by atoms with Gasteiger partial charge in [-0.05, 0) is 67.5 Å². The first-order valence-corrected chi connectivity index (χ1v) is 9.43. The largest absolute Gasteiger partial charge is 0.465 e. The molecule has 1 fully saturated rings. The van der Waals surface area contributed by atoms with Crippen molar-refractivity contribution < 1.29 is 9.53 Å². The molecule has 2 aromatic rings. The van der Waals surface area contributed by atoms with E-state index in [1.807, 2.05) is 37.3 Å². The number of esters is 1. The highest BCUT2D eigenvalue weighted by atomic mass is 16.5. The molecule has 0 spiro atoms. The smallest absolute Gasteiger partial charge is 0.338 e. The summed E-state index contributed by atoms with van der Waals surface area (Å²) in [6.07, 6.45) is 2.72. The highest BCUT2D eigenvalue weighted by Gasteiger charge is 2.23. The normalized spacial score (nSPS) is 14.2. The van der Waals surface area contributed by atoms with E-state index in [2.05, 4.69) is 17.0 Å². The molecule has 5 heteroatoms. The van der Waals surface area contributed by atoms with Crippen LogP contribution in [0.1, 0.15) is 45.5 Å². The summed E-state index contributed by atoms with van der Waals surface area (Å²) in [6.45, 7) is 3.57. The number of benzene rings is 2. The third-order valence-electron chi connectivity index (χ3n) is 5.46. The Morgan fingerprint density at radius 2 is 1.82 bits per heavy atom. The number of ether oxygens (including phenoxy) is 1. The van der Waals surface area contributed by atoms with E-state index in [1.165, 1.54) is 7.11 Å². The van der Waals surface area contributed by atoms with Gasteiger partial charge in [-0.15, -0.1) is 0 Å². The van der Waals surface area contributed by atoms with Crippen molar-refractivity contribution in [2.24, 2.45) is 5.92 Å². The van der Waals surface area contributed by atoms with Crippen molar-refractivity contribution >= 4 is 11.7 Å². The van der Waals surface area contributed by atoms with Crippen LogP contribution in [0, 0.1) is 35.5 Å². The Morgan fingerprint density at radius 1 is 1.14 bits per heavy atom. The first kappa shape index (κ1) is 19.5. The Hall–Kier alpha value is -3.31. The first-order chi connectivity index (χ1) is 13.6. The monoisotopic (exact) mass is 373 g/mol. The molecule has 0 unspecified atom stereocenters. The lowest BCUT2D eigenvalue weighted by Gasteiger charge is -2.34. The molecule has 0 amide bonds. The SMILES string of the molecule is COC(=O)c1cc(CC2CCN(c3ccccc3C#N)CC2)c(C#N)cc1C. The topological polar surface area (TPSA) is 77.1 Å². The number of nitriles is 2. The van der Waals surface area contributed by atoms with E-state index >= 15 is 0 Å². The predicted molar refractivity (Wildman–Crippen MR) is 107 cm³/mol. The van der Waals surface area contributed by atoms with Gasteiger partial charge in [-0.25, -0.2) is 4.79 Å². The van der Waals surface area contributed by atoms with Crippen LogP contribution in [0.2, 0.25) is 0 Å². The third kappa shape index (κ3) is 4.00. The van der Waals surface area contributed by atoms with Gasteiger partial charge in [0.2, 0.25) is 0 Å². The van der Waals surface area contributed by atoms with E-state index in [0.29, 0.717) is 22.6 Å². The zero-order valence-electron chi connectivity index (χ0n) is 16.2. The zero-order valence-corrected chi connectivity index (χ0v) is 16.2. The Balaban J connectivity index is 1.74. The van der Waals surface area contributed by atoms with Gasteiger partial charge >= 0.3 is 5.97 Å². The van der Waals surface area contributed by atoms with Crippen molar-refractivity contribution in [2.45, 2.75) is 26.2 Å². The van der Waals surface area contributed by atoms with E-state index in [9.17, 15) is 15.3 Å². The minimum atomic E-state index is -0.369. The number of carbonyl (C=O) groups excluding carboxylic acids is 1. The molecule has 1 heterocycles. The number of aryl methyl sites for hydroxylation is 1. The van der Waals surface area contributed by atoms with Crippen LogP contribution in [0.3, 0.4) is 0 Å². The Kier molecular flexibility index (Phi) is 5.96. The van der Waals surface area contributed by atoms with Crippen molar-refractivity contribution in [2.75, 3.05) is 25.1 Å². The van der Waals surface area contributed by atoms with Crippen molar-refractivity contribution in [3.8, 4) is 12.1 Å². The molecule has 1 aliphatic heterocycles. The fourth-order valence-electron chi connectivity index (χ4n) is 3.89. The van der Waals surface area contributed by atoms with Crippen LogP contribution < -0.4 is 4.90 Å². The molecule has 0 N–H and O–H groups in total.